The van der Waals surface area contributed by atoms with E-state index < -0.39 is 19.4 Å². The van der Waals surface area contributed by atoms with Gasteiger partial charge in [0.2, 0.25) is 11.8 Å². The summed E-state index contributed by atoms with van der Waals surface area (Å²) in [6.07, 6.45) is 3.16. The van der Waals surface area contributed by atoms with Gasteiger partial charge in [0.25, 0.3) is 0 Å². The van der Waals surface area contributed by atoms with Gasteiger partial charge in [0.1, 0.15) is 0 Å². The van der Waals surface area contributed by atoms with E-state index in [1.807, 2.05) is 55.4 Å². The van der Waals surface area contributed by atoms with E-state index >= 15 is 0 Å². The molecule has 0 heterocycles. The van der Waals surface area contributed by atoms with Crippen molar-refractivity contribution in [2.45, 2.75) is 128 Å². The van der Waals surface area contributed by atoms with Crippen molar-refractivity contribution in [2.75, 3.05) is 39.7 Å². The Morgan fingerprint density at radius 3 is 0.927 bits per heavy atom. The Morgan fingerprint density at radius 1 is 0.610 bits per heavy atom. The van der Waals surface area contributed by atoms with Crippen molar-refractivity contribution in [2.24, 2.45) is 10.8 Å². The molecule has 0 aliphatic rings. The first-order valence-electron chi connectivity index (χ1n) is 13.9. The van der Waals surface area contributed by atoms with Gasteiger partial charge in [-0.05, 0) is 78.0 Å². The molecular weight excluding hydrogens is 556 g/mol. The van der Waals surface area contributed by atoms with Crippen LogP contribution in [-0.2, 0) is 29.0 Å². The van der Waals surface area contributed by atoms with E-state index in [0.717, 1.165) is 0 Å². The second kappa shape index (κ2) is 15.1. The van der Waals surface area contributed by atoms with Crippen LogP contribution in [0.1, 0.15) is 104 Å². The van der Waals surface area contributed by atoms with Crippen molar-refractivity contribution in [1.82, 2.24) is 18.4 Å². The van der Waals surface area contributed by atoms with Crippen molar-refractivity contribution in [3.8, 4) is 0 Å². The van der Waals surface area contributed by atoms with Crippen LogP contribution in [0.2, 0.25) is 0 Å². The van der Waals surface area contributed by atoms with Gasteiger partial charge in [0.15, 0.2) is 0 Å². The third-order valence-electron chi connectivity index (χ3n) is 7.44. The molecular formula is C31H68N4O4S2. The number of hydrogen-bond acceptors (Lipinski definition) is 4. The summed E-state index contributed by atoms with van der Waals surface area (Å²) in [5, 5.41) is 0. The lowest BCUT2D eigenvalue weighted by Crippen LogP contribution is -2.52. The molecule has 0 bridgehead atoms. The zero-order valence-electron chi connectivity index (χ0n) is 29.2. The SMILES string of the molecule is C.C=S(C)(=O)N(CC(=O)N(C)C(C)C(C)(C)C)C(C)(C)C.C=S(C)(=O)N(CC(=O)N(C)[C@@H](C)C(C)(C)C)C(C)(C)C. The van der Waals surface area contributed by atoms with E-state index in [4.69, 9.17) is 0 Å². The van der Waals surface area contributed by atoms with Gasteiger partial charge < -0.3 is 9.80 Å². The van der Waals surface area contributed by atoms with Gasteiger partial charge in [-0.1, -0.05) is 49.0 Å². The first-order valence-corrected chi connectivity index (χ1v) is 18.1. The first kappa shape index (κ1) is 44.3. The molecule has 41 heavy (non-hydrogen) atoms. The number of carbonyl (C=O) groups is 2. The molecule has 0 aliphatic carbocycles. The van der Waals surface area contributed by atoms with Crippen LogP contribution in [0.4, 0.5) is 0 Å². The molecule has 0 saturated carbocycles. The number of hydrogen-bond donors (Lipinski definition) is 0. The predicted molar refractivity (Wildman–Crippen MR) is 185 cm³/mol. The molecule has 0 N–H and O–H groups in total. The molecule has 0 spiro atoms. The standard InChI is InChI=1S/2C15H32N2O2S.CH4/c2*1-12(14(2,3)4)16(8)13(18)11-17(15(5,6)7)20(9,10)19;/h2*12H,9,11H2,1-8,10H3;1H4/t12-,20?;;/m0../s1. The molecule has 248 valence electrons. The van der Waals surface area contributed by atoms with E-state index in [0.29, 0.717) is 0 Å². The van der Waals surface area contributed by atoms with Crippen LogP contribution in [0.15, 0.2) is 0 Å². The molecule has 0 aromatic rings. The van der Waals surface area contributed by atoms with Crippen LogP contribution in [0.5, 0.6) is 0 Å². The van der Waals surface area contributed by atoms with Crippen molar-refractivity contribution >= 4 is 43.0 Å². The summed E-state index contributed by atoms with van der Waals surface area (Å²) < 4.78 is 28.0. The van der Waals surface area contributed by atoms with Crippen molar-refractivity contribution < 1.29 is 18.0 Å². The Kier molecular flexibility index (Phi) is 16.3. The smallest absolute Gasteiger partial charge is 0.237 e. The highest BCUT2D eigenvalue weighted by molar-refractivity contribution is 7.97. The number of rotatable bonds is 8. The molecule has 10 heteroatoms. The van der Waals surface area contributed by atoms with E-state index in [2.05, 4.69) is 53.3 Å². The molecule has 0 radical (unpaired) electrons. The minimum absolute atomic E-state index is 0. The normalized spacial score (nSPS) is 17.3. The average Bonchev–Trinajstić information content (AvgIpc) is 2.68. The summed E-state index contributed by atoms with van der Waals surface area (Å²) in [6.45, 7) is 28.6. The lowest BCUT2D eigenvalue weighted by Gasteiger charge is -2.40. The Balaban J connectivity index is -0.000000688. The highest BCUT2D eigenvalue weighted by Crippen LogP contribution is 2.25. The molecule has 2 amide bonds. The molecule has 0 rings (SSSR count). The first-order chi connectivity index (χ1) is 17.2. The minimum Gasteiger partial charge on any atom is -0.341 e. The van der Waals surface area contributed by atoms with Crippen molar-refractivity contribution in [1.29, 1.82) is 0 Å². The van der Waals surface area contributed by atoms with Gasteiger partial charge >= 0.3 is 0 Å². The Bertz CT molecular complexity index is 969. The van der Waals surface area contributed by atoms with Gasteiger partial charge in [-0.25, -0.2) is 8.61 Å². The molecule has 8 nitrogen and oxygen atoms in total. The minimum atomic E-state index is -2.43. The second-order valence-corrected chi connectivity index (χ2v) is 20.1. The van der Waals surface area contributed by atoms with E-state index in [-0.39, 0.29) is 66.3 Å². The summed E-state index contributed by atoms with van der Waals surface area (Å²) in [5.41, 5.74) is -0.714. The molecule has 0 aliphatic heterocycles. The Labute approximate surface area is 256 Å². The number of nitrogens with zero attached hydrogens (tertiary/aromatic N) is 4. The van der Waals surface area contributed by atoms with Gasteiger partial charge in [-0.15, -0.1) is 0 Å². The molecule has 0 aromatic carbocycles. The summed E-state index contributed by atoms with van der Waals surface area (Å²) >= 11 is 0. The van der Waals surface area contributed by atoms with Gasteiger partial charge in [-0.2, -0.15) is 0 Å². The molecule has 4 atom stereocenters. The summed E-state index contributed by atoms with van der Waals surface area (Å²) in [7, 11) is -1.24. The number of carbonyl (C=O) groups excluding carboxylic acids is 2. The number of amides is 2. The second-order valence-electron chi connectivity index (χ2n) is 15.4. The van der Waals surface area contributed by atoms with Crippen molar-refractivity contribution in [3.63, 3.8) is 0 Å². The fourth-order valence-corrected chi connectivity index (χ4v) is 7.05. The van der Waals surface area contributed by atoms with Gasteiger partial charge in [-0.3, -0.25) is 18.0 Å². The van der Waals surface area contributed by atoms with E-state index in [1.54, 1.807) is 45.0 Å². The zero-order valence-corrected chi connectivity index (χ0v) is 30.9. The van der Waals surface area contributed by atoms with Gasteiger partial charge in [0, 0.05) is 69.2 Å². The quantitative estimate of drug-likeness (QED) is 0.351. The van der Waals surface area contributed by atoms with E-state index in [1.165, 1.54) is 0 Å². The fourth-order valence-electron chi connectivity index (χ4n) is 3.97. The highest BCUT2D eigenvalue weighted by Gasteiger charge is 2.34. The summed E-state index contributed by atoms with van der Waals surface area (Å²) in [6, 6.07) is 0.212. The van der Waals surface area contributed by atoms with Gasteiger partial charge in [0.05, 0.1) is 13.1 Å². The topological polar surface area (TPSA) is 81.2 Å². The maximum absolute atomic E-state index is 12.5. The molecule has 0 aromatic heterocycles. The van der Waals surface area contributed by atoms with E-state index in [9.17, 15) is 18.0 Å². The Morgan fingerprint density at radius 2 is 0.805 bits per heavy atom. The fraction of sp³-hybridized carbons (Fsp3) is 0.871. The summed E-state index contributed by atoms with van der Waals surface area (Å²) in [4.78, 5) is 28.4. The lowest BCUT2D eigenvalue weighted by atomic mass is 9.87. The third-order valence-corrected chi connectivity index (χ3v) is 10.7. The van der Waals surface area contributed by atoms with Crippen LogP contribution < -0.4 is 0 Å². The van der Waals surface area contributed by atoms with Crippen LogP contribution in [0, 0.1) is 10.8 Å². The van der Waals surface area contributed by atoms with Crippen LogP contribution >= 0.6 is 0 Å². The average molecular weight is 625 g/mol. The van der Waals surface area contributed by atoms with Crippen LogP contribution in [-0.4, -0.2) is 113 Å². The van der Waals surface area contributed by atoms with Crippen molar-refractivity contribution in [3.05, 3.63) is 0 Å². The predicted octanol–water partition coefficient (Wildman–Crippen LogP) is 5.12. The Hall–Kier alpha value is -1.10. The highest BCUT2D eigenvalue weighted by atomic mass is 32.2. The molecule has 3 unspecified atom stereocenters. The summed E-state index contributed by atoms with van der Waals surface area (Å²) in [5.74, 6) is 7.40. The molecule has 0 fully saturated rings. The maximum Gasteiger partial charge on any atom is 0.237 e. The monoisotopic (exact) mass is 624 g/mol. The molecule has 0 saturated heterocycles. The zero-order chi connectivity index (χ0) is 33.0. The van der Waals surface area contributed by atoms with Crippen LogP contribution in [0.25, 0.3) is 0 Å². The van der Waals surface area contributed by atoms with Crippen LogP contribution in [0.3, 0.4) is 0 Å². The largest absolute Gasteiger partial charge is 0.341 e. The maximum atomic E-state index is 12.5. The number of likely N-dealkylation sites (N-methyl/N-ethyl adjacent to an activating group) is 2. The lowest BCUT2D eigenvalue weighted by molar-refractivity contribution is -0.135. The third kappa shape index (κ3) is 15.3.